The fourth-order valence-corrected chi connectivity index (χ4v) is 2.25. The van der Waals surface area contributed by atoms with E-state index in [1.807, 2.05) is 0 Å². The first-order valence-electron chi connectivity index (χ1n) is 6.13. The van der Waals surface area contributed by atoms with E-state index in [1.165, 1.54) is 45.4 Å². The molecule has 1 atom stereocenters. The Morgan fingerprint density at radius 1 is 1.43 bits per heavy atom. The fraction of sp³-hybridized carbons (Fsp3) is 1.00. The van der Waals surface area contributed by atoms with Gasteiger partial charge in [0.1, 0.15) is 0 Å². The number of rotatable bonds is 6. The summed E-state index contributed by atoms with van der Waals surface area (Å²) in [6, 6.07) is 0. The third-order valence-electron chi connectivity index (χ3n) is 3.69. The molecular weight excluding hydrogens is 172 g/mol. The molecule has 1 aliphatic heterocycles. The minimum Gasteiger partial charge on any atom is -0.316 e. The summed E-state index contributed by atoms with van der Waals surface area (Å²) in [6.45, 7) is 11.7. The van der Waals surface area contributed by atoms with E-state index in [0.29, 0.717) is 5.41 Å². The second-order valence-electron chi connectivity index (χ2n) is 4.97. The first-order valence-corrected chi connectivity index (χ1v) is 6.13. The lowest BCUT2D eigenvalue weighted by atomic mass is 9.76. The van der Waals surface area contributed by atoms with Crippen molar-refractivity contribution in [3.63, 3.8) is 0 Å². The minimum absolute atomic E-state index is 0.522. The average Bonchev–Trinajstić information content (AvgIpc) is 2.62. The predicted octanol–water partition coefficient (Wildman–Crippen LogP) is 2.01. The lowest BCUT2D eigenvalue weighted by Crippen LogP contribution is -2.40. The molecule has 0 aromatic heterocycles. The van der Waals surface area contributed by atoms with Crippen LogP contribution >= 0.6 is 0 Å². The van der Waals surface area contributed by atoms with Crippen LogP contribution in [0.4, 0.5) is 0 Å². The number of hydrogen-bond acceptors (Lipinski definition) is 2. The maximum absolute atomic E-state index is 3.61. The summed E-state index contributed by atoms with van der Waals surface area (Å²) in [5.74, 6) is 0.784. The zero-order valence-electron chi connectivity index (χ0n) is 10.0. The van der Waals surface area contributed by atoms with Crippen molar-refractivity contribution in [3.05, 3.63) is 0 Å². The molecule has 0 aromatic carbocycles. The fourth-order valence-electron chi connectivity index (χ4n) is 2.25. The molecular formula is C12H26N2. The largest absolute Gasteiger partial charge is 0.316 e. The zero-order valence-corrected chi connectivity index (χ0v) is 10.0. The second-order valence-corrected chi connectivity index (χ2v) is 4.97. The molecule has 1 fully saturated rings. The summed E-state index contributed by atoms with van der Waals surface area (Å²) < 4.78 is 0. The molecule has 0 spiro atoms. The molecule has 14 heavy (non-hydrogen) atoms. The van der Waals surface area contributed by atoms with Crippen molar-refractivity contribution in [1.82, 2.24) is 10.6 Å². The maximum atomic E-state index is 3.61. The van der Waals surface area contributed by atoms with E-state index in [-0.39, 0.29) is 0 Å². The molecule has 0 radical (unpaired) electrons. The van der Waals surface area contributed by atoms with Crippen molar-refractivity contribution < 1.29 is 0 Å². The highest BCUT2D eigenvalue weighted by atomic mass is 15.0. The van der Waals surface area contributed by atoms with Gasteiger partial charge < -0.3 is 10.6 Å². The Labute approximate surface area is 88.8 Å². The molecule has 1 saturated heterocycles. The molecule has 0 bridgehead atoms. The smallest absolute Gasteiger partial charge is 0.00229 e. The Bertz CT molecular complexity index is 148. The van der Waals surface area contributed by atoms with Gasteiger partial charge in [-0.3, -0.25) is 0 Å². The van der Waals surface area contributed by atoms with Gasteiger partial charge in [0.25, 0.3) is 0 Å². The van der Waals surface area contributed by atoms with Gasteiger partial charge in [0, 0.05) is 13.1 Å². The van der Waals surface area contributed by atoms with E-state index in [2.05, 4.69) is 31.4 Å². The molecule has 1 aliphatic rings. The van der Waals surface area contributed by atoms with Gasteiger partial charge in [-0.05, 0) is 37.3 Å². The summed E-state index contributed by atoms with van der Waals surface area (Å²) >= 11 is 0. The van der Waals surface area contributed by atoms with E-state index < -0.39 is 0 Å². The van der Waals surface area contributed by atoms with Gasteiger partial charge in [-0.25, -0.2) is 0 Å². The highest BCUT2D eigenvalue weighted by Crippen LogP contribution is 2.33. The van der Waals surface area contributed by atoms with Crippen LogP contribution in [-0.2, 0) is 0 Å². The Kier molecular flexibility index (Phi) is 4.90. The Balaban J connectivity index is 2.29. The highest BCUT2D eigenvalue weighted by molar-refractivity contribution is 4.91. The van der Waals surface area contributed by atoms with Crippen molar-refractivity contribution >= 4 is 0 Å². The molecule has 0 amide bonds. The number of nitrogens with one attached hydrogen (secondary N) is 2. The van der Waals surface area contributed by atoms with Crippen LogP contribution in [0.2, 0.25) is 0 Å². The average molecular weight is 198 g/mol. The van der Waals surface area contributed by atoms with Gasteiger partial charge in [0.15, 0.2) is 0 Å². The van der Waals surface area contributed by atoms with E-state index in [0.717, 1.165) is 5.92 Å². The lowest BCUT2D eigenvalue weighted by molar-refractivity contribution is 0.209. The van der Waals surface area contributed by atoms with E-state index in [9.17, 15) is 0 Å². The zero-order chi connectivity index (χ0) is 10.4. The van der Waals surface area contributed by atoms with E-state index in [1.54, 1.807) is 0 Å². The second kappa shape index (κ2) is 5.72. The van der Waals surface area contributed by atoms with Gasteiger partial charge >= 0.3 is 0 Å². The first-order chi connectivity index (χ1) is 6.71. The molecule has 2 heteroatoms. The molecule has 0 aromatic rings. The molecule has 0 aliphatic carbocycles. The Morgan fingerprint density at radius 3 is 2.71 bits per heavy atom. The third kappa shape index (κ3) is 2.96. The lowest BCUT2D eigenvalue weighted by Gasteiger charge is -2.33. The van der Waals surface area contributed by atoms with E-state index >= 15 is 0 Å². The molecule has 84 valence electrons. The SMILES string of the molecule is CCCCNCC1(C(C)C)CCNC1. The molecule has 1 heterocycles. The van der Waals surface area contributed by atoms with Gasteiger partial charge in [-0.1, -0.05) is 27.2 Å². The minimum atomic E-state index is 0.522. The van der Waals surface area contributed by atoms with Crippen LogP contribution in [0.15, 0.2) is 0 Å². The monoisotopic (exact) mass is 198 g/mol. The normalized spacial score (nSPS) is 27.4. The van der Waals surface area contributed by atoms with Crippen LogP contribution in [0, 0.1) is 11.3 Å². The van der Waals surface area contributed by atoms with Gasteiger partial charge in [0.2, 0.25) is 0 Å². The van der Waals surface area contributed by atoms with Crippen LogP contribution < -0.4 is 10.6 Å². The third-order valence-corrected chi connectivity index (χ3v) is 3.69. The standard InChI is InChI=1S/C12H26N2/c1-4-5-7-13-9-12(11(2)3)6-8-14-10-12/h11,13-14H,4-10H2,1-3H3. The number of unbranched alkanes of at least 4 members (excludes halogenated alkanes) is 1. The quantitative estimate of drug-likeness (QED) is 0.638. The Morgan fingerprint density at radius 2 is 2.21 bits per heavy atom. The summed E-state index contributed by atoms with van der Waals surface area (Å²) in [4.78, 5) is 0. The topological polar surface area (TPSA) is 24.1 Å². The molecule has 0 saturated carbocycles. The highest BCUT2D eigenvalue weighted by Gasteiger charge is 2.36. The van der Waals surface area contributed by atoms with E-state index in [4.69, 9.17) is 0 Å². The van der Waals surface area contributed by atoms with Crippen molar-refractivity contribution in [2.75, 3.05) is 26.2 Å². The maximum Gasteiger partial charge on any atom is 0.00229 e. The van der Waals surface area contributed by atoms with Gasteiger partial charge in [-0.2, -0.15) is 0 Å². The summed E-state index contributed by atoms with van der Waals surface area (Å²) in [7, 11) is 0. The molecule has 2 nitrogen and oxygen atoms in total. The van der Waals surface area contributed by atoms with Gasteiger partial charge in [-0.15, -0.1) is 0 Å². The van der Waals surface area contributed by atoms with Crippen LogP contribution in [0.3, 0.4) is 0 Å². The first kappa shape index (κ1) is 12.0. The summed E-state index contributed by atoms with van der Waals surface area (Å²) in [5.41, 5.74) is 0.522. The Hall–Kier alpha value is -0.0800. The number of hydrogen-bond donors (Lipinski definition) is 2. The van der Waals surface area contributed by atoms with Gasteiger partial charge in [0.05, 0.1) is 0 Å². The van der Waals surface area contributed by atoms with Crippen LogP contribution in [0.1, 0.15) is 40.0 Å². The van der Waals surface area contributed by atoms with Crippen LogP contribution in [0.5, 0.6) is 0 Å². The molecule has 2 N–H and O–H groups in total. The summed E-state index contributed by atoms with van der Waals surface area (Å²) in [6.07, 6.45) is 3.94. The van der Waals surface area contributed by atoms with Crippen molar-refractivity contribution in [3.8, 4) is 0 Å². The van der Waals surface area contributed by atoms with Crippen molar-refractivity contribution in [1.29, 1.82) is 0 Å². The molecule has 1 rings (SSSR count). The van der Waals surface area contributed by atoms with Crippen LogP contribution in [-0.4, -0.2) is 26.2 Å². The van der Waals surface area contributed by atoms with Crippen molar-refractivity contribution in [2.24, 2.45) is 11.3 Å². The van der Waals surface area contributed by atoms with Crippen molar-refractivity contribution in [2.45, 2.75) is 40.0 Å². The predicted molar refractivity (Wildman–Crippen MR) is 62.5 cm³/mol. The molecule has 1 unspecified atom stereocenters. The summed E-state index contributed by atoms with van der Waals surface area (Å²) in [5, 5.41) is 7.11. The van der Waals surface area contributed by atoms with Crippen LogP contribution in [0.25, 0.3) is 0 Å².